The zero-order chi connectivity index (χ0) is 15.3. The lowest BCUT2D eigenvalue weighted by molar-refractivity contribution is 0.0620. The van der Waals surface area contributed by atoms with Gasteiger partial charge >= 0.3 is 0 Å². The maximum absolute atomic E-state index is 12.6. The summed E-state index contributed by atoms with van der Waals surface area (Å²) < 4.78 is 0. The Morgan fingerprint density at radius 2 is 2.05 bits per heavy atom. The molecule has 2 bridgehead atoms. The summed E-state index contributed by atoms with van der Waals surface area (Å²) >= 11 is 0. The number of H-pyrrole nitrogens is 1. The first-order chi connectivity index (χ1) is 10.6. The van der Waals surface area contributed by atoms with E-state index in [9.17, 15) is 4.79 Å². The van der Waals surface area contributed by atoms with Crippen molar-refractivity contribution in [1.29, 1.82) is 0 Å². The minimum atomic E-state index is 0.0684. The molecule has 2 N–H and O–H groups in total. The van der Waals surface area contributed by atoms with Crippen LogP contribution in [-0.4, -0.2) is 41.5 Å². The maximum Gasteiger partial charge on any atom is 0.251 e. The van der Waals surface area contributed by atoms with Gasteiger partial charge in [-0.2, -0.15) is 0 Å². The van der Waals surface area contributed by atoms with Crippen LogP contribution >= 0.6 is 0 Å². The number of hydrogen-bond acceptors (Lipinski definition) is 2. The molecule has 1 atom stereocenters. The fourth-order valence-electron chi connectivity index (χ4n) is 3.98. The summed E-state index contributed by atoms with van der Waals surface area (Å²) in [4.78, 5) is 18.4. The Morgan fingerprint density at radius 1 is 1.27 bits per heavy atom. The van der Waals surface area contributed by atoms with Crippen LogP contribution in [0, 0.1) is 19.8 Å². The molecule has 116 valence electrons. The topological polar surface area (TPSA) is 48.1 Å². The van der Waals surface area contributed by atoms with Crippen LogP contribution in [0.3, 0.4) is 0 Å². The molecule has 4 nitrogen and oxygen atoms in total. The maximum atomic E-state index is 12.6. The molecule has 1 unspecified atom stereocenters. The monoisotopic (exact) mass is 297 g/mol. The summed E-state index contributed by atoms with van der Waals surface area (Å²) in [6.07, 6.45) is 2.44. The molecule has 3 aliphatic heterocycles. The van der Waals surface area contributed by atoms with Crippen molar-refractivity contribution in [3.8, 4) is 0 Å². The van der Waals surface area contributed by atoms with Crippen molar-refractivity contribution in [3.63, 3.8) is 0 Å². The van der Waals surface area contributed by atoms with E-state index in [0.717, 1.165) is 23.0 Å². The van der Waals surface area contributed by atoms with E-state index in [1.54, 1.807) is 0 Å². The van der Waals surface area contributed by atoms with Crippen molar-refractivity contribution < 1.29 is 4.79 Å². The van der Waals surface area contributed by atoms with E-state index >= 15 is 0 Å². The molecule has 4 heteroatoms. The van der Waals surface area contributed by atoms with Gasteiger partial charge in [-0.3, -0.25) is 4.79 Å². The number of aromatic amines is 1. The molecule has 3 saturated heterocycles. The number of fused-ring (bicyclic) bond motifs is 4. The van der Waals surface area contributed by atoms with Gasteiger partial charge < -0.3 is 15.2 Å². The number of rotatable bonds is 2. The van der Waals surface area contributed by atoms with Crippen molar-refractivity contribution in [2.24, 2.45) is 5.92 Å². The standard InChI is InChI=1S/C18H23N3O/c1-11-12(2)19-16-4-3-14(9-15(11)16)18(22)20-17-10-21-7-5-13(17)6-8-21/h3-4,9,13,17,19H,5-8,10H2,1-2H3,(H,20,22). The molecule has 3 aliphatic rings. The smallest absolute Gasteiger partial charge is 0.251 e. The average Bonchev–Trinajstić information content (AvgIpc) is 2.83. The van der Waals surface area contributed by atoms with Crippen LogP contribution in [0.2, 0.25) is 0 Å². The lowest BCUT2D eigenvalue weighted by atomic mass is 9.84. The van der Waals surface area contributed by atoms with Crippen LogP contribution in [0.5, 0.6) is 0 Å². The quantitative estimate of drug-likeness (QED) is 0.895. The Hall–Kier alpha value is -1.81. The molecule has 1 amide bonds. The van der Waals surface area contributed by atoms with Gasteiger partial charge in [-0.05, 0) is 69.5 Å². The van der Waals surface area contributed by atoms with Gasteiger partial charge in [0.15, 0.2) is 0 Å². The second kappa shape index (κ2) is 5.13. The summed E-state index contributed by atoms with van der Waals surface area (Å²) in [5, 5.41) is 4.42. The van der Waals surface area contributed by atoms with E-state index in [0.29, 0.717) is 12.0 Å². The van der Waals surface area contributed by atoms with Crippen molar-refractivity contribution in [1.82, 2.24) is 15.2 Å². The van der Waals surface area contributed by atoms with Crippen LogP contribution in [0.15, 0.2) is 18.2 Å². The first-order valence-electron chi connectivity index (χ1n) is 8.24. The highest BCUT2D eigenvalue weighted by atomic mass is 16.1. The lowest BCUT2D eigenvalue weighted by Gasteiger charge is -2.44. The number of amides is 1. The molecule has 1 aromatic carbocycles. The highest BCUT2D eigenvalue weighted by Gasteiger charge is 2.34. The molecule has 2 aromatic rings. The molecule has 22 heavy (non-hydrogen) atoms. The van der Waals surface area contributed by atoms with Crippen LogP contribution in [0.4, 0.5) is 0 Å². The van der Waals surface area contributed by atoms with Gasteiger partial charge in [-0.25, -0.2) is 0 Å². The van der Waals surface area contributed by atoms with Gasteiger partial charge in [0.1, 0.15) is 0 Å². The van der Waals surface area contributed by atoms with Crippen LogP contribution < -0.4 is 5.32 Å². The average molecular weight is 297 g/mol. The van der Waals surface area contributed by atoms with Crippen molar-refractivity contribution in [2.75, 3.05) is 19.6 Å². The predicted molar refractivity (Wildman–Crippen MR) is 88.2 cm³/mol. The minimum Gasteiger partial charge on any atom is -0.358 e. The normalized spacial score (nSPS) is 27.3. The zero-order valence-electron chi connectivity index (χ0n) is 13.3. The number of aryl methyl sites for hydroxylation is 2. The van der Waals surface area contributed by atoms with Crippen molar-refractivity contribution >= 4 is 16.8 Å². The largest absolute Gasteiger partial charge is 0.358 e. The molecule has 0 spiro atoms. The number of carbonyl (C=O) groups excluding carboxylic acids is 1. The number of hydrogen-bond donors (Lipinski definition) is 2. The van der Waals surface area contributed by atoms with Crippen LogP contribution in [0.1, 0.15) is 34.5 Å². The van der Waals surface area contributed by atoms with Crippen LogP contribution in [0.25, 0.3) is 10.9 Å². The number of benzene rings is 1. The van der Waals surface area contributed by atoms with Crippen molar-refractivity contribution in [2.45, 2.75) is 32.7 Å². The molecular weight excluding hydrogens is 274 g/mol. The third-order valence-electron chi connectivity index (χ3n) is 5.54. The third kappa shape index (κ3) is 2.22. The van der Waals surface area contributed by atoms with E-state index < -0.39 is 0 Å². The second-order valence-electron chi connectivity index (χ2n) is 6.85. The summed E-state index contributed by atoms with van der Waals surface area (Å²) in [5.74, 6) is 0.729. The summed E-state index contributed by atoms with van der Waals surface area (Å²) in [6, 6.07) is 6.28. The fraction of sp³-hybridized carbons (Fsp3) is 0.500. The highest BCUT2D eigenvalue weighted by Crippen LogP contribution is 2.28. The van der Waals surface area contributed by atoms with Crippen LogP contribution in [-0.2, 0) is 0 Å². The van der Waals surface area contributed by atoms with E-state index in [1.165, 1.54) is 37.2 Å². The van der Waals surface area contributed by atoms with E-state index in [2.05, 4.69) is 29.0 Å². The number of nitrogens with one attached hydrogen (secondary N) is 2. The minimum absolute atomic E-state index is 0.0684. The fourth-order valence-corrected chi connectivity index (χ4v) is 3.98. The van der Waals surface area contributed by atoms with Gasteiger partial charge in [0, 0.05) is 34.7 Å². The summed E-state index contributed by atoms with van der Waals surface area (Å²) in [6.45, 7) is 7.59. The molecular formula is C18H23N3O. The molecule has 5 rings (SSSR count). The molecule has 0 saturated carbocycles. The Morgan fingerprint density at radius 3 is 2.73 bits per heavy atom. The lowest BCUT2D eigenvalue weighted by Crippen LogP contribution is -2.57. The van der Waals surface area contributed by atoms with E-state index in [1.807, 2.05) is 18.2 Å². The van der Waals surface area contributed by atoms with Gasteiger partial charge in [0.05, 0.1) is 0 Å². The van der Waals surface area contributed by atoms with Gasteiger partial charge in [-0.1, -0.05) is 0 Å². The van der Waals surface area contributed by atoms with Gasteiger partial charge in [0.25, 0.3) is 5.91 Å². The first-order valence-corrected chi connectivity index (χ1v) is 8.24. The Labute approximate surface area is 130 Å². The number of carbonyl (C=O) groups is 1. The zero-order valence-corrected chi connectivity index (χ0v) is 13.3. The van der Waals surface area contributed by atoms with Crippen molar-refractivity contribution in [3.05, 3.63) is 35.0 Å². The van der Waals surface area contributed by atoms with Gasteiger partial charge in [-0.15, -0.1) is 0 Å². The number of piperidine rings is 3. The molecule has 1 aromatic heterocycles. The molecule has 0 radical (unpaired) electrons. The Kier molecular flexibility index (Phi) is 3.22. The molecule has 4 heterocycles. The first kappa shape index (κ1) is 13.8. The van der Waals surface area contributed by atoms with E-state index in [4.69, 9.17) is 0 Å². The Bertz CT molecular complexity index is 725. The number of nitrogens with zero attached hydrogens (tertiary/aromatic N) is 1. The van der Waals surface area contributed by atoms with Gasteiger partial charge in [0.2, 0.25) is 0 Å². The SMILES string of the molecule is Cc1[nH]c2ccc(C(=O)NC3CN4CCC3CC4)cc2c1C. The Balaban J connectivity index is 1.56. The third-order valence-corrected chi connectivity index (χ3v) is 5.54. The molecule has 3 fully saturated rings. The summed E-state index contributed by atoms with van der Waals surface area (Å²) in [7, 11) is 0. The predicted octanol–water partition coefficient (Wildman–Crippen LogP) is 2.61. The number of aromatic nitrogens is 1. The van der Waals surface area contributed by atoms with E-state index in [-0.39, 0.29) is 5.91 Å². The highest BCUT2D eigenvalue weighted by molar-refractivity contribution is 5.99. The second-order valence-corrected chi connectivity index (χ2v) is 6.85. The molecule has 0 aliphatic carbocycles. The summed E-state index contributed by atoms with van der Waals surface area (Å²) in [5.41, 5.74) is 4.28.